The van der Waals surface area contributed by atoms with Crippen molar-refractivity contribution >= 4 is 22.9 Å². The second kappa shape index (κ2) is 8.16. The zero-order chi connectivity index (χ0) is 18.9. The molecule has 2 aliphatic rings. The molecule has 4 rings (SSSR count). The van der Waals surface area contributed by atoms with Gasteiger partial charge in [0, 0.05) is 35.7 Å². The van der Waals surface area contributed by atoms with Gasteiger partial charge in [-0.2, -0.15) is 0 Å². The summed E-state index contributed by atoms with van der Waals surface area (Å²) in [5, 5.41) is 2.94. The summed E-state index contributed by atoms with van der Waals surface area (Å²) in [5.74, 6) is 0.0948. The number of pyridine rings is 1. The fourth-order valence-electron chi connectivity index (χ4n) is 4.72. The molecule has 146 valence electrons. The highest BCUT2D eigenvalue weighted by Crippen LogP contribution is 2.47. The van der Waals surface area contributed by atoms with E-state index in [4.69, 9.17) is 16.3 Å². The third kappa shape index (κ3) is 4.21. The molecule has 2 aromatic rings. The fraction of sp³-hybridized carbons (Fsp3) is 0.571. The van der Waals surface area contributed by atoms with Gasteiger partial charge in [0.05, 0.1) is 16.8 Å². The second-order valence-corrected chi connectivity index (χ2v) is 9.18. The first-order valence-electron chi connectivity index (χ1n) is 9.80. The zero-order valence-electron chi connectivity index (χ0n) is 15.7. The molecule has 3 atom stereocenters. The summed E-state index contributed by atoms with van der Waals surface area (Å²) in [5.41, 5.74) is 0.938. The van der Waals surface area contributed by atoms with Crippen LogP contribution < -0.4 is 0 Å². The summed E-state index contributed by atoms with van der Waals surface area (Å²) < 4.78 is 19.5. The van der Waals surface area contributed by atoms with Crippen LogP contribution in [0.5, 0.6) is 0 Å². The molecule has 1 spiro atoms. The lowest BCUT2D eigenvalue weighted by Gasteiger charge is -2.43. The van der Waals surface area contributed by atoms with Gasteiger partial charge in [-0.05, 0) is 62.2 Å². The van der Waals surface area contributed by atoms with Crippen LogP contribution in [-0.4, -0.2) is 34.7 Å². The van der Waals surface area contributed by atoms with Crippen LogP contribution in [0.2, 0.25) is 5.02 Å². The minimum atomic E-state index is -0.272. The van der Waals surface area contributed by atoms with Gasteiger partial charge in [0.15, 0.2) is 0 Å². The van der Waals surface area contributed by atoms with Crippen LogP contribution in [-0.2, 0) is 11.3 Å². The summed E-state index contributed by atoms with van der Waals surface area (Å²) in [7, 11) is 0. The van der Waals surface area contributed by atoms with Gasteiger partial charge in [-0.3, -0.25) is 9.88 Å². The normalized spacial score (nSPS) is 28.3. The van der Waals surface area contributed by atoms with Crippen LogP contribution in [0.15, 0.2) is 29.8 Å². The number of nitrogens with zero attached hydrogens (tertiary/aromatic N) is 2. The Bertz CT molecular complexity index is 768. The molecular weight excluding hydrogens is 383 g/mol. The van der Waals surface area contributed by atoms with Crippen LogP contribution in [0.25, 0.3) is 0 Å². The molecule has 0 bridgehead atoms. The molecule has 3 unspecified atom stereocenters. The summed E-state index contributed by atoms with van der Waals surface area (Å²) in [6, 6.07) is 5.85. The Kier molecular flexibility index (Phi) is 5.83. The predicted octanol–water partition coefficient (Wildman–Crippen LogP) is 5.64. The first-order valence-corrected chi connectivity index (χ1v) is 11.1. The maximum absolute atomic E-state index is 13.2. The number of halogens is 2. The van der Waals surface area contributed by atoms with E-state index in [1.807, 2.05) is 12.1 Å². The molecule has 0 aromatic carbocycles. The van der Waals surface area contributed by atoms with E-state index in [0.29, 0.717) is 12.0 Å². The Morgan fingerprint density at radius 3 is 2.93 bits per heavy atom. The van der Waals surface area contributed by atoms with Gasteiger partial charge in [-0.1, -0.05) is 18.5 Å². The topological polar surface area (TPSA) is 25.4 Å². The molecule has 1 saturated carbocycles. The SMILES string of the molecule is CCN(Cc1sccc1Cl)C1CCOC2(CCC(c3ccc(F)cn3)C2)C1. The number of thiophene rings is 1. The summed E-state index contributed by atoms with van der Waals surface area (Å²) in [6.45, 7) is 4.96. The molecule has 0 radical (unpaired) electrons. The molecule has 1 saturated heterocycles. The third-order valence-corrected chi connectivity index (χ3v) is 7.53. The van der Waals surface area contributed by atoms with Crippen LogP contribution in [0.4, 0.5) is 4.39 Å². The maximum Gasteiger partial charge on any atom is 0.141 e. The molecule has 1 aliphatic carbocycles. The van der Waals surface area contributed by atoms with Crippen molar-refractivity contribution in [1.82, 2.24) is 9.88 Å². The van der Waals surface area contributed by atoms with Crippen molar-refractivity contribution in [3.05, 3.63) is 51.2 Å². The van der Waals surface area contributed by atoms with Crippen molar-refractivity contribution in [3.8, 4) is 0 Å². The molecule has 0 N–H and O–H groups in total. The standard InChI is InChI=1S/C21H26ClFN2OS/c1-2-25(14-20-18(22)7-10-27-20)17-6-9-26-21(12-17)8-5-15(11-21)19-4-3-16(23)13-24-19/h3-4,7,10,13,15,17H,2,5-6,8-9,11-12,14H2,1H3. The minimum absolute atomic E-state index is 0.0592. The summed E-state index contributed by atoms with van der Waals surface area (Å²) in [6.07, 6.45) is 6.56. The molecule has 1 aliphatic heterocycles. The lowest BCUT2D eigenvalue weighted by Crippen LogP contribution is -2.47. The average Bonchev–Trinajstić information content (AvgIpc) is 3.27. The van der Waals surface area contributed by atoms with E-state index in [-0.39, 0.29) is 11.4 Å². The number of hydrogen-bond acceptors (Lipinski definition) is 4. The first-order chi connectivity index (χ1) is 13.1. The van der Waals surface area contributed by atoms with Crippen molar-refractivity contribution in [1.29, 1.82) is 0 Å². The van der Waals surface area contributed by atoms with Crippen molar-refractivity contribution in [2.24, 2.45) is 0 Å². The highest BCUT2D eigenvalue weighted by molar-refractivity contribution is 7.10. The zero-order valence-corrected chi connectivity index (χ0v) is 17.2. The van der Waals surface area contributed by atoms with Crippen molar-refractivity contribution in [3.63, 3.8) is 0 Å². The largest absolute Gasteiger partial charge is 0.375 e. The minimum Gasteiger partial charge on any atom is -0.375 e. The van der Waals surface area contributed by atoms with Crippen molar-refractivity contribution in [2.45, 2.75) is 63.1 Å². The quantitative estimate of drug-likeness (QED) is 0.639. The van der Waals surface area contributed by atoms with Gasteiger partial charge in [0.1, 0.15) is 5.82 Å². The van der Waals surface area contributed by atoms with E-state index in [9.17, 15) is 4.39 Å². The van der Waals surface area contributed by atoms with E-state index in [1.54, 1.807) is 11.3 Å². The van der Waals surface area contributed by atoms with Gasteiger partial charge in [-0.25, -0.2) is 4.39 Å². The molecule has 2 fully saturated rings. The average molecular weight is 409 g/mol. The van der Waals surface area contributed by atoms with Crippen LogP contribution in [0, 0.1) is 5.82 Å². The summed E-state index contributed by atoms with van der Waals surface area (Å²) in [4.78, 5) is 8.11. The third-order valence-electron chi connectivity index (χ3n) is 6.16. The maximum atomic E-state index is 13.2. The Morgan fingerprint density at radius 1 is 1.33 bits per heavy atom. The van der Waals surface area contributed by atoms with E-state index in [1.165, 1.54) is 17.1 Å². The predicted molar refractivity (Wildman–Crippen MR) is 108 cm³/mol. The highest BCUT2D eigenvalue weighted by atomic mass is 35.5. The Morgan fingerprint density at radius 2 is 2.22 bits per heavy atom. The van der Waals surface area contributed by atoms with Crippen LogP contribution >= 0.6 is 22.9 Å². The lowest BCUT2D eigenvalue weighted by molar-refractivity contribution is -0.103. The first kappa shape index (κ1) is 19.3. The summed E-state index contributed by atoms with van der Waals surface area (Å²) >= 11 is 8.06. The number of aromatic nitrogens is 1. The fourth-order valence-corrected chi connectivity index (χ4v) is 5.84. The molecule has 3 nitrogen and oxygen atoms in total. The number of ether oxygens (including phenoxy) is 1. The van der Waals surface area contributed by atoms with Crippen molar-refractivity contribution < 1.29 is 9.13 Å². The van der Waals surface area contributed by atoms with E-state index >= 15 is 0 Å². The van der Waals surface area contributed by atoms with Gasteiger partial charge in [0.25, 0.3) is 0 Å². The number of hydrogen-bond donors (Lipinski definition) is 0. The number of rotatable bonds is 5. The van der Waals surface area contributed by atoms with Gasteiger partial charge in [-0.15, -0.1) is 11.3 Å². The molecule has 27 heavy (non-hydrogen) atoms. The van der Waals surface area contributed by atoms with E-state index in [2.05, 4.69) is 22.2 Å². The molecule has 3 heterocycles. The molecular formula is C21H26ClFN2OS. The monoisotopic (exact) mass is 408 g/mol. The van der Waals surface area contributed by atoms with E-state index < -0.39 is 0 Å². The lowest BCUT2D eigenvalue weighted by atomic mass is 9.86. The van der Waals surface area contributed by atoms with Crippen LogP contribution in [0.1, 0.15) is 55.5 Å². The smallest absolute Gasteiger partial charge is 0.141 e. The van der Waals surface area contributed by atoms with E-state index in [0.717, 1.165) is 62.5 Å². The van der Waals surface area contributed by atoms with Gasteiger partial charge < -0.3 is 4.74 Å². The second-order valence-electron chi connectivity index (χ2n) is 7.77. The molecule has 2 aromatic heterocycles. The molecule has 0 amide bonds. The Balaban J connectivity index is 1.44. The van der Waals surface area contributed by atoms with Gasteiger partial charge >= 0.3 is 0 Å². The Hall–Kier alpha value is -1.01. The van der Waals surface area contributed by atoms with Crippen molar-refractivity contribution in [2.75, 3.05) is 13.2 Å². The Labute approximate surface area is 169 Å². The molecule has 6 heteroatoms. The highest BCUT2D eigenvalue weighted by Gasteiger charge is 2.45. The van der Waals surface area contributed by atoms with Gasteiger partial charge in [0.2, 0.25) is 0 Å². The van der Waals surface area contributed by atoms with Crippen LogP contribution in [0.3, 0.4) is 0 Å².